The first-order valence-corrected chi connectivity index (χ1v) is 8.42. The maximum atomic E-state index is 12.3. The highest BCUT2D eigenvalue weighted by Crippen LogP contribution is 2.31. The molecule has 1 heterocycles. The zero-order valence-electron chi connectivity index (χ0n) is 12.1. The lowest BCUT2D eigenvalue weighted by atomic mass is 10.2. The van der Waals surface area contributed by atoms with Gasteiger partial charge in [-0.15, -0.1) is 0 Å². The molecule has 0 N–H and O–H groups in total. The first-order chi connectivity index (χ1) is 10.2. The van der Waals surface area contributed by atoms with Crippen molar-refractivity contribution in [2.24, 2.45) is 0 Å². The molecule has 0 aromatic heterocycles. The smallest absolute Gasteiger partial charge is 0.266 e. The van der Waals surface area contributed by atoms with Crippen LogP contribution >= 0.6 is 24.0 Å². The Morgan fingerprint density at radius 1 is 1.24 bits per heavy atom. The first-order valence-electron chi connectivity index (χ1n) is 7.19. The molecule has 0 aliphatic carbocycles. The molecule has 0 unspecified atom stereocenters. The quantitative estimate of drug-likeness (QED) is 0.433. The van der Waals surface area contributed by atoms with Gasteiger partial charge in [-0.25, -0.2) is 0 Å². The number of unbranched alkanes of at least 4 members (excludes halogenated alkanes) is 2. The molecule has 0 spiro atoms. The molecule has 0 saturated carbocycles. The molecular formula is C17H19NOS2. The van der Waals surface area contributed by atoms with Crippen molar-refractivity contribution < 1.29 is 4.79 Å². The molecule has 1 saturated heterocycles. The van der Waals surface area contributed by atoms with Crippen LogP contribution < -0.4 is 0 Å². The SMILES string of the molecule is CCCCCN1C(=O)/C(=C\C=C\c2ccccc2)SC1=S. The summed E-state index contributed by atoms with van der Waals surface area (Å²) >= 11 is 6.68. The summed E-state index contributed by atoms with van der Waals surface area (Å²) < 4.78 is 0.676. The van der Waals surface area contributed by atoms with Crippen LogP contribution in [0, 0.1) is 0 Å². The van der Waals surface area contributed by atoms with Crippen LogP contribution in [-0.2, 0) is 4.79 Å². The summed E-state index contributed by atoms with van der Waals surface area (Å²) in [7, 11) is 0. The van der Waals surface area contributed by atoms with Gasteiger partial charge < -0.3 is 0 Å². The first kappa shape index (κ1) is 16.0. The van der Waals surface area contributed by atoms with Crippen molar-refractivity contribution in [2.45, 2.75) is 26.2 Å². The highest BCUT2D eigenvalue weighted by molar-refractivity contribution is 8.26. The summed E-state index contributed by atoms with van der Waals surface area (Å²) in [6.07, 6.45) is 9.04. The number of allylic oxidation sites excluding steroid dienone is 2. The topological polar surface area (TPSA) is 20.3 Å². The summed E-state index contributed by atoms with van der Waals surface area (Å²) in [5.74, 6) is 0.0406. The molecule has 1 aromatic rings. The zero-order valence-corrected chi connectivity index (χ0v) is 13.8. The normalized spacial score (nSPS) is 17.4. The highest BCUT2D eigenvalue weighted by atomic mass is 32.2. The van der Waals surface area contributed by atoms with Gasteiger partial charge in [0.15, 0.2) is 0 Å². The second-order valence-electron chi connectivity index (χ2n) is 4.83. The van der Waals surface area contributed by atoms with Gasteiger partial charge in [-0.3, -0.25) is 9.69 Å². The average Bonchev–Trinajstić information content (AvgIpc) is 2.76. The summed E-state index contributed by atoms with van der Waals surface area (Å²) in [4.78, 5) is 14.7. The lowest BCUT2D eigenvalue weighted by Gasteiger charge is -2.13. The van der Waals surface area contributed by atoms with E-state index in [1.807, 2.05) is 48.6 Å². The molecule has 0 atom stereocenters. The van der Waals surface area contributed by atoms with E-state index in [0.717, 1.165) is 31.4 Å². The van der Waals surface area contributed by atoms with E-state index in [0.29, 0.717) is 9.23 Å². The number of carbonyl (C=O) groups excluding carboxylic acids is 1. The Hall–Kier alpha value is -1.39. The molecule has 1 amide bonds. The van der Waals surface area contributed by atoms with E-state index in [2.05, 4.69) is 6.92 Å². The molecule has 1 aliphatic rings. The number of thioether (sulfide) groups is 1. The third-order valence-electron chi connectivity index (χ3n) is 3.19. The van der Waals surface area contributed by atoms with Gasteiger partial charge in [0.05, 0.1) is 4.91 Å². The molecule has 1 fully saturated rings. The third-order valence-corrected chi connectivity index (χ3v) is 4.59. The van der Waals surface area contributed by atoms with E-state index in [4.69, 9.17) is 12.2 Å². The molecule has 21 heavy (non-hydrogen) atoms. The highest BCUT2D eigenvalue weighted by Gasteiger charge is 2.30. The Kier molecular flexibility index (Phi) is 6.21. The minimum absolute atomic E-state index is 0.0406. The van der Waals surface area contributed by atoms with E-state index < -0.39 is 0 Å². The molecule has 1 aliphatic heterocycles. The Labute approximate surface area is 135 Å². The number of carbonyl (C=O) groups is 1. The number of benzene rings is 1. The van der Waals surface area contributed by atoms with Crippen molar-refractivity contribution >= 4 is 40.3 Å². The van der Waals surface area contributed by atoms with Crippen LogP contribution in [0.2, 0.25) is 0 Å². The standard InChI is InChI=1S/C17H19NOS2/c1-2-3-7-13-18-16(19)15(21-17(18)20)12-8-11-14-9-5-4-6-10-14/h4-6,8-12H,2-3,7,13H2,1H3/b11-8+,15-12+. The number of thiocarbonyl (C=S) groups is 1. The number of hydrogen-bond acceptors (Lipinski definition) is 3. The van der Waals surface area contributed by atoms with Crippen molar-refractivity contribution in [3.63, 3.8) is 0 Å². The second-order valence-corrected chi connectivity index (χ2v) is 6.51. The predicted octanol–water partition coefficient (Wildman–Crippen LogP) is 4.63. The van der Waals surface area contributed by atoms with Crippen LogP contribution in [0.1, 0.15) is 31.7 Å². The summed E-state index contributed by atoms with van der Waals surface area (Å²) in [5.41, 5.74) is 1.12. The van der Waals surface area contributed by atoms with E-state index >= 15 is 0 Å². The molecule has 2 nitrogen and oxygen atoms in total. The van der Waals surface area contributed by atoms with Crippen molar-refractivity contribution in [3.8, 4) is 0 Å². The van der Waals surface area contributed by atoms with Crippen molar-refractivity contribution in [1.82, 2.24) is 4.90 Å². The maximum Gasteiger partial charge on any atom is 0.266 e. The monoisotopic (exact) mass is 317 g/mol. The van der Waals surface area contributed by atoms with Gasteiger partial charge in [-0.2, -0.15) is 0 Å². The summed E-state index contributed by atoms with van der Waals surface area (Å²) in [5, 5.41) is 0. The van der Waals surface area contributed by atoms with Crippen molar-refractivity contribution in [2.75, 3.05) is 6.54 Å². The van der Waals surface area contributed by atoms with Crippen LogP contribution in [0.4, 0.5) is 0 Å². The molecule has 1 aromatic carbocycles. The van der Waals surface area contributed by atoms with Crippen LogP contribution in [0.15, 0.2) is 47.4 Å². The van der Waals surface area contributed by atoms with Crippen LogP contribution in [0.3, 0.4) is 0 Å². The average molecular weight is 317 g/mol. The largest absolute Gasteiger partial charge is 0.293 e. The Bertz CT molecular complexity index is 563. The van der Waals surface area contributed by atoms with Gasteiger partial charge in [0.25, 0.3) is 5.91 Å². The van der Waals surface area contributed by atoms with Crippen molar-refractivity contribution in [3.05, 3.63) is 53.0 Å². The number of hydrogen-bond donors (Lipinski definition) is 0. The van der Waals surface area contributed by atoms with Crippen LogP contribution in [0.25, 0.3) is 6.08 Å². The van der Waals surface area contributed by atoms with Gasteiger partial charge in [0, 0.05) is 6.54 Å². The van der Waals surface area contributed by atoms with Crippen LogP contribution in [0.5, 0.6) is 0 Å². The Morgan fingerprint density at radius 3 is 2.71 bits per heavy atom. The lowest BCUT2D eigenvalue weighted by Crippen LogP contribution is -2.28. The van der Waals surface area contributed by atoms with E-state index in [1.165, 1.54) is 11.8 Å². The Balaban J connectivity index is 1.98. The summed E-state index contributed by atoms with van der Waals surface area (Å²) in [6, 6.07) is 10.0. The van der Waals surface area contributed by atoms with Gasteiger partial charge >= 0.3 is 0 Å². The molecule has 0 bridgehead atoms. The van der Waals surface area contributed by atoms with E-state index in [-0.39, 0.29) is 5.91 Å². The number of nitrogens with zero attached hydrogens (tertiary/aromatic N) is 1. The molecule has 2 rings (SSSR count). The van der Waals surface area contributed by atoms with E-state index in [9.17, 15) is 4.79 Å². The van der Waals surface area contributed by atoms with Gasteiger partial charge in [-0.1, -0.05) is 86.2 Å². The predicted molar refractivity (Wildman–Crippen MR) is 95.0 cm³/mol. The summed E-state index contributed by atoms with van der Waals surface area (Å²) in [6.45, 7) is 2.89. The minimum atomic E-state index is 0.0406. The Morgan fingerprint density at radius 2 is 2.00 bits per heavy atom. The second kappa shape index (κ2) is 8.15. The fourth-order valence-corrected chi connectivity index (χ4v) is 3.30. The molecule has 4 heteroatoms. The van der Waals surface area contributed by atoms with Gasteiger partial charge in [0.2, 0.25) is 0 Å². The molecular weight excluding hydrogens is 298 g/mol. The third kappa shape index (κ3) is 4.55. The molecule has 110 valence electrons. The van der Waals surface area contributed by atoms with E-state index in [1.54, 1.807) is 4.90 Å². The van der Waals surface area contributed by atoms with Crippen LogP contribution in [-0.4, -0.2) is 21.7 Å². The molecule has 0 radical (unpaired) electrons. The van der Waals surface area contributed by atoms with Gasteiger partial charge in [0.1, 0.15) is 4.32 Å². The fraction of sp³-hybridized carbons (Fsp3) is 0.294. The minimum Gasteiger partial charge on any atom is -0.293 e. The number of rotatable bonds is 6. The lowest BCUT2D eigenvalue weighted by molar-refractivity contribution is -0.122. The fourth-order valence-electron chi connectivity index (χ4n) is 2.04. The number of amides is 1. The van der Waals surface area contributed by atoms with Crippen molar-refractivity contribution in [1.29, 1.82) is 0 Å². The maximum absolute atomic E-state index is 12.3. The van der Waals surface area contributed by atoms with Gasteiger partial charge in [-0.05, 0) is 18.1 Å². The zero-order chi connectivity index (χ0) is 15.1.